The molecule has 96 valence electrons. The fourth-order valence-corrected chi connectivity index (χ4v) is 2.15. The number of nitrogens with two attached hydrogens (primary N) is 1. The molecular formula is C13H19N5. The van der Waals surface area contributed by atoms with E-state index in [4.69, 9.17) is 5.73 Å². The molecule has 2 heterocycles. The van der Waals surface area contributed by atoms with Crippen LogP contribution < -0.4 is 11.1 Å². The summed E-state index contributed by atoms with van der Waals surface area (Å²) in [7, 11) is 1.98. The number of hydrogen-bond donors (Lipinski definition) is 2. The van der Waals surface area contributed by atoms with Crippen LogP contribution in [0.4, 0.5) is 5.82 Å². The molecule has 0 amide bonds. The van der Waals surface area contributed by atoms with Gasteiger partial charge in [-0.25, -0.2) is 9.97 Å². The van der Waals surface area contributed by atoms with Crippen LogP contribution in [0, 0.1) is 6.92 Å². The van der Waals surface area contributed by atoms with Crippen LogP contribution in [0.2, 0.25) is 0 Å². The monoisotopic (exact) mass is 245 g/mol. The van der Waals surface area contributed by atoms with Gasteiger partial charge in [-0.3, -0.25) is 0 Å². The number of nitrogens with one attached hydrogen (secondary N) is 1. The van der Waals surface area contributed by atoms with E-state index in [0.29, 0.717) is 5.82 Å². The highest BCUT2D eigenvalue weighted by atomic mass is 15.1. The topological polar surface area (TPSA) is 68.8 Å². The summed E-state index contributed by atoms with van der Waals surface area (Å²) in [5, 5.41) is 3.42. The molecule has 18 heavy (non-hydrogen) atoms. The van der Waals surface area contributed by atoms with Crippen molar-refractivity contribution in [2.45, 2.75) is 19.9 Å². The van der Waals surface area contributed by atoms with E-state index in [1.165, 1.54) is 0 Å². The summed E-state index contributed by atoms with van der Waals surface area (Å²) < 4.78 is 2.00. The molecule has 5 nitrogen and oxygen atoms in total. The third-order valence-corrected chi connectivity index (χ3v) is 3.05. The second kappa shape index (κ2) is 5.18. The van der Waals surface area contributed by atoms with Gasteiger partial charge in [0.2, 0.25) is 0 Å². The Bertz CT molecular complexity index is 512. The van der Waals surface area contributed by atoms with E-state index < -0.39 is 0 Å². The lowest BCUT2D eigenvalue weighted by molar-refractivity contribution is 0.575. The molecule has 0 radical (unpaired) electrons. The van der Waals surface area contributed by atoms with Crippen LogP contribution in [-0.4, -0.2) is 21.1 Å². The summed E-state index contributed by atoms with van der Waals surface area (Å²) in [5.74, 6) is 1.50. The van der Waals surface area contributed by atoms with Gasteiger partial charge in [-0.05, 0) is 25.1 Å². The van der Waals surface area contributed by atoms with Crippen molar-refractivity contribution in [3.8, 4) is 0 Å². The first-order chi connectivity index (χ1) is 8.65. The minimum absolute atomic E-state index is 0.0244. The molecule has 0 bridgehead atoms. The number of pyridine rings is 1. The van der Waals surface area contributed by atoms with E-state index in [2.05, 4.69) is 22.2 Å². The van der Waals surface area contributed by atoms with E-state index in [1.54, 1.807) is 12.4 Å². The van der Waals surface area contributed by atoms with Gasteiger partial charge in [0.05, 0.1) is 6.04 Å². The summed E-state index contributed by atoms with van der Waals surface area (Å²) in [4.78, 5) is 8.59. The van der Waals surface area contributed by atoms with Gasteiger partial charge in [0.25, 0.3) is 0 Å². The number of aryl methyl sites for hydroxylation is 2. The summed E-state index contributed by atoms with van der Waals surface area (Å²) in [6, 6.07) is 1.95. The Kier molecular flexibility index (Phi) is 3.62. The summed E-state index contributed by atoms with van der Waals surface area (Å²) in [6.45, 7) is 4.95. The fraction of sp³-hybridized carbons (Fsp3) is 0.385. The second-order valence-corrected chi connectivity index (χ2v) is 4.31. The minimum Gasteiger partial charge on any atom is -0.383 e. The Morgan fingerprint density at radius 1 is 1.39 bits per heavy atom. The molecule has 0 fully saturated rings. The number of aromatic nitrogens is 3. The summed E-state index contributed by atoms with van der Waals surface area (Å²) in [5.41, 5.74) is 8.15. The lowest BCUT2D eigenvalue weighted by atomic mass is 10.0. The van der Waals surface area contributed by atoms with Crippen LogP contribution in [0.25, 0.3) is 0 Å². The smallest absolute Gasteiger partial charge is 0.130 e. The Balaban J connectivity index is 2.52. The highest BCUT2D eigenvalue weighted by Gasteiger charge is 2.21. The van der Waals surface area contributed by atoms with Crippen molar-refractivity contribution in [3.63, 3.8) is 0 Å². The zero-order valence-corrected chi connectivity index (χ0v) is 11.0. The van der Waals surface area contributed by atoms with Crippen LogP contribution in [0.5, 0.6) is 0 Å². The van der Waals surface area contributed by atoms with Gasteiger partial charge in [0.15, 0.2) is 0 Å². The molecule has 1 atom stereocenters. The maximum atomic E-state index is 6.02. The molecular weight excluding hydrogens is 226 g/mol. The lowest BCUT2D eigenvalue weighted by Gasteiger charge is -2.21. The first-order valence-corrected chi connectivity index (χ1v) is 6.06. The van der Waals surface area contributed by atoms with E-state index >= 15 is 0 Å². The number of hydrogen-bond acceptors (Lipinski definition) is 4. The highest BCUT2D eigenvalue weighted by molar-refractivity contribution is 5.48. The SMILES string of the molecule is CCNC(c1c(C)ccnc1N)c1nccn1C. The number of imidazole rings is 1. The average Bonchev–Trinajstić information content (AvgIpc) is 2.74. The molecule has 2 rings (SSSR count). The van der Waals surface area contributed by atoms with E-state index in [0.717, 1.165) is 23.5 Å². The molecule has 0 aliphatic heterocycles. The zero-order chi connectivity index (χ0) is 13.1. The molecule has 5 heteroatoms. The molecule has 0 spiro atoms. The Morgan fingerprint density at radius 2 is 2.17 bits per heavy atom. The van der Waals surface area contributed by atoms with Crippen LogP contribution in [0.1, 0.15) is 29.9 Å². The van der Waals surface area contributed by atoms with E-state index in [9.17, 15) is 0 Å². The largest absolute Gasteiger partial charge is 0.383 e. The van der Waals surface area contributed by atoms with Crippen LogP contribution in [-0.2, 0) is 7.05 Å². The molecule has 2 aromatic heterocycles. The third kappa shape index (κ3) is 2.22. The third-order valence-electron chi connectivity index (χ3n) is 3.05. The minimum atomic E-state index is -0.0244. The van der Waals surface area contributed by atoms with E-state index in [-0.39, 0.29) is 6.04 Å². The Hall–Kier alpha value is -1.88. The van der Waals surface area contributed by atoms with Gasteiger partial charge in [0, 0.05) is 31.2 Å². The fourth-order valence-electron chi connectivity index (χ4n) is 2.15. The Morgan fingerprint density at radius 3 is 2.72 bits per heavy atom. The normalized spacial score (nSPS) is 12.6. The molecule has 1 unspecified atom stereocenters. The first kappa shape index (κ1) is 12.6. The van der Waals surface area contributed by atoms with Crippen molar-refractivity contribution in [1.82, 2.24) is 19.9 Å². The van der Waals surface area contributed by atoms with Gasteiger partial charge < -0.3 is 15.6 Å². The van der Waals surface area contributed by atoms with Gasteiger partial charge in [0.1, 0.15) is 11.6 Å². The van der Waals surface area contributed by atoms with Crippen molar-refractivity contribution in [3.05, 3.63) is 41.6 Å². The number of anilines is 1. The second-order valence-electron chi connectivity index (χ2n) is 4.31. The van der Waals surface area contributed by atoms with E-state index in [1.807, 2.05) is 30.8 Å². The van der Waals surface area contributed by atoms with Crippen LogP contribution in [0.15, 0.2) is 24.7 Å². The first-order valence-electron chi connectivity index (χ1n) is 6.06. The van der Waals surface area contributed by atoms with Crippen molar-refractivity contribution in [1.29, 1.82) is 0 Å². The molecule has 0 saturated carbocycles. The summed E-state index contributed by atoms with van der Waals surface area (Å²) >= 11 is 0. The number of nitrogen functional groups attached to an aromatic ring is 1. The molecule has 0 aliphatic rings. The molecule has 0 aliphatic carbocycles. The summed E-state index contributed by atoms with van der Waals surface area (Å²) in [6.07, 6.45) is 5.46. The maximum absolute atomic E-state index is 6.02. The molecule has 2 aromatic rings. The number of rotatable bonds is 4. The van der Waals surface area contributed by atoms with Crippen LogP contribution in [0.3, 0.4) is 0 Å². The molecule has 0 aromatic carbocycles. The average molecular weight is 245 g/mol. The van der Waals surface area contributed by atoms with Crippen molar-refractivity contribution in [2.75, 3.05) is 12.3 Å². The quantitative estimate of drug-likeness (QED) is 0.854. The van der Waals surface area contributed by atoms with Crippen molar-refractivity contribution < 1.29 is 0 Å². The van der Waals surface area contributed by atoms with Crippen LogP contribution >= 0.6 is 0 Å². The zero-order valence-electron chi connectivity index (χ0n) is 11.0. The van der Waals surface area contributed by atoms with Gasteiger partial charge in [-0.15, -0.1) is 0 Å². The van der Waals surface area contributed by atoms with Crippen molar-refractivity contribution in [2.24, 2.45) is 7.05 Å². The predicted molar refractivity (Wildman–Crippen MR) is 72.1 cm³/mol. The van der Waals surface area contributed by atoms with Gasteiger partial charge >= 0.3 is 0 Å². The molecule has 3 N–H and O–H groups in total. The van der Waals surface area contributed by atoms with Gasteiger partial charge in [-0.2, -0.15) is 0 Å². The Labute approximate surface area is 107 Å². The highest BCUT2D eigenvalue weighted by Crippen LogP contribution is 2.27. The lowest BCUT2D eigenvalue weighted by Crippen LogP contribution is -2.26. The maximum Gasteiger partial charge on any atom is 0.130 e. The van der Waals surface area contributed by atoms with Gasteiger partial charge in [-0.1, -0.05) is 6.92 Å². The standard InChI is InChI=1S/C13H19N5/c1-4-15-11(13-17-7-8-18(13)3)10-9(2)5-6-16-12(10)14/h5-8,11,15H,4H2,1-3H3,(H2,14,16). The van der Waals surface area contributed by atoms with Crippen molar-refractivity contribution >= 4 is 5.82 Å². The molecule has 0 saturated heterocycles. The predicted octanol–water partition coefficient (Wildman–Crippen LogP) is 1.40. The number of nitrogens with zero attached hydrogens (tertiary/aromatic N) is 3.